The molecule has 1 N–H and O–H groups in total. The highest BCUT2D eigenvalue weighted by Crippen LogP contribution is 2.28. The number of amides is 2. The van der Waals surface area contributed by atoms with Crippen LogP contribution < -0.4 is 4.72 Å². The number of morpholine rings is 1. The molecule has 3 rings (SSSR count). The number of nitrogens with zero attached hydrogens (tertiary/aromatic N) is 2. The van der Waals surface area contributed by atoms with Crippen molar-refractivity contribution in [3.63, 3.8) is 0 Å². The topological polar surface area (TPSA) is 96.0 Å². The lowest BCUT2D eigenvalue weighted by atomic mass is 9.87. The predicted octanol–water partition coefficient (Wildman–Crippen LogP) is 2.41. The minimum atomic E-state index is -3.77. The summed E-state index contributed by atoms with van der Waals surface area (Å²) in [5.41, 5.74) is 0.165. The van der Waals surface area contributed by atoms with Crippen LogP contribution >= 0.6 is 11.6 Å². The average molecular weight is 514 g/mol. The number of hydrogen-bond acceptors (Lipinski definition) is 5. The van der Waals surface area contributed by atoms with Crippen LogP contribution in [-0.4, -0.2) is 80.7 Å². The van der Waals surface area contributed by atoms with Crippen molar-refractivity contribution in [3.8, 4) is 0 Å². The number of ether oxygens (including phenoxy) is 1. The quantitative estimate of drug-likeness (QED) is 0.547. The molecule has 0 saturated carbocycles. The number of carbonyl (C=O) groups excluding carboxylic acids is 2. The van der Waals surface area contributed by atoms with Crippen molar-refractivity contribution in [3.05, 3.63) is 34.9 Å². The fourth-order valence-corrected chi connectivity index (χ4v) is 6.66. The zero-order valence-corrected chi connectivity index (χ0v) is 22.0. The molecule has 0 aliphatic carbocycles. The molecule has 10 heteroatoms. The summed E-state index contributed by atoms with van der Waals surface area (Å²) in [6.07, 6.45) is 1.07. The van der Waals surface area contributed by atoms with E-state index in [9.17, 15) is 18.0 Å². The molecular formula is C24H36ClN3O5S. The van der Waals surface area contributed by atoms with Gasteiger partial charge in [-0.15, -0.1) is 0 Å². The summed E-state index contributed by atoms with van der Waals surface area (Å²) < 4.78 is 34.0. The van der Waals surface area contributed by atoms with E-state index in [1.807, 2.05) is 39.8 Å². The molecule has 0 unspecified atom stereocenters. The van der Waals surface area contributed by atoms with Gasteiger partial charge in [-0.2, -0.15) is 0 Å². The van der Waals surface area contributed by atoms with E-state index >= 15 is 0 Å². The molecule has 2 heterocycles. The molecule has 0 spiro atoms. The smallest absolute Gasteiger partial charge is 0.245 e. The molecule has 2 aliphatic rings. The van der Waals surface area contributed by atoms with Gasteiger partial charge in [0.05, 0.1) is 19.0 Å². The first-order chi connectivity index (χ1) is 15.9. The van der Waals surface area contributed by atoms with Crippen LogP contribution in [0.2, 0.25) is 5.02 Å². The molecule has 0 aromatic heterocycles. The van der Waals surface area contributed by atoms with Crippen molar-refractivity contribution in [2.45, 2.75) is 58.0 Å². The maximum atomic E-state index is 13.3. The van der Waals surface area contributed by atoms with E-state index in [1.54, 1.807) is 21.9 Å². The van der Waals surface area contributed by atoms with Crippen LogP contribution in [0, 0.1) is 5.92 Å². The number of rotatable bonds is 9. The van der Waals surface area contributed by atoms with Crippen LogP contribution in [0.25, 0.3) is 0 Å². The van der Waals surface area contributed by atoms with E-state index in [0.29, 0.717) is 44.3 Å². The number of halogens is 1. The molecule has 2 amide bonds. The number of benzene rings is 1. The lowest BCUT2D eigenvalue weighted by molar-refractivity contribution is -0.149. The summed E-state index contributed by atoms with van der Waals surface area (Å²) in [6, 6.07) is 5.63. The highest BCUT2D eigenvalue weighted by molar-refractivity contribution is 7.89. The molecular weight excluding hydrogens is 478 g/mol. The highest BCUT2D eigenvalue weighted by Gasteiger charge is 2.44. The maximum absolute atomic E-state index is 13.3. The van der Waals surface area contributed by atoms with Gasteiger partial charge in [0, 0.05) is 30.1 Å². The van der Waals surface area contributed by atoms with E-state index in [-0.39, 0.29) is 23.5 Å². The molecule has 8 nitrogen and oxygen atoms in total. The molecule has 1 aromatic carbocycles. The Bertz CT molecular complexity index is 977. The zero-order valence-electron chi connectivity index (χ0n) is 20.4. The third-order valence-corrected chi connectivity index (χ3v) is 8.83. The van der Waals surface area contributed by atoms with E-state index in [4.69, 9.17) is 16.3 Å². The second-order valence-corrected chi connectivity index (χ2v) is 12.1. The van der Waals surface area contributed by atoms with Crippen molar-refractivity contribution in [1.29, 1.82) is 0 Å². The Morgan fingerprint density at radius 3 is 2.41 bits per heavy atom. The van der Waals surface area contributed by atoms with Gasteiger partial charge in [0.2, 0.25) is 21.8 Å². The van der Waals surface area contributed by atoms with Gasteiger partial charge in [0.1, 0.15) is 12.1 Å². The first-order valence-electron chi connectivity index (χ1n) is 11.9. The van der Waals surface area contributed by atoms with Crippen LogP contribution in [-0.2, 0) is 29.8 Å². The standard InChI is InChI=1S/C24H36ClN3O5S/c1-5-17(2)21(23(30)27-12-14-33-15-13-27)28-11-10-20(22(28)29)26-34(31,32)16-24(3,4)18-6-8-19(25)9-7-18/h6-9,17,20-21,26H,5,10-16H2,1-4H3/t17-,20-,21-/m0/s1. The van der Waals surface area contributed by atoms with Gasteiger partial charge in [-0.25, -0.2) is 13.1 Å². The molecule has 0 bridgehead atoms. The Morgan fingerprint density at radius 2 is 1.82 bits per heavy atom. The Labute approximate surface area is 208 Å². The van der Waals surface area contributed by atoms with Crippen LogP contribution in [0.4, 0.5) is 0 Å². The van der Waals surface area contributed by atoms with Gasteiger partial charge in [-0.3, -0.25) is 9.59 Å². The van der Waals surface area contributed by atoms with Crippen LogP contribution in [0.3, 0.4) is 0 Å². The third-order valence-electron chi connectivity index (χ3n) is 6.83. The normalized spacial score (nSPS) is 21.6. The van der Waals surface area contributed by atoms with Gasteiger partial charge >= 0.3 is 0 Å². The second kappa shape index (κ2) is 10.9. The first-order valence-corrected chi connectivity index (χ1v) is 13.9. The van der Waals surface area contributed by atoms with Gasteiger partial charge in [0.15, 0.2) is 0 Å². The summed E-state index contributed by atoms with van der Waals surface area (Å²) in [5.74, 6) is -0.635. The van der Waals surface area contributed by atoms with Crippen molar-refractivity contribution in [2.24, 2.45) is 5.92 Å². The summed E-state index contributed by atoms with van der Waals surface area (Å²) in [6.45, 7) is 9.96. The van der Waals surface area contributed by atoms with Crippen molar-refractivity contribution in [1.82, 2.24) is 14.5 Å². The van der Waals surface area contributed by atoms with Crippen LogP contribution in [0.15, 0.2) is 24.3 Å². The number of carbonyl (C=O) groups is 2. The van der Waals surface area contributed by atoms with Gasteiger partial charge < -0.3 is 14.5 Å². The maximum Gasteiger partial charge on any atom is 0.245 e. The average Bonchev–Trinajstić information content (AvgIpc) is 3.13. The van der Waals surface area contributed by atoms with Gasteiger partial charge in [-0.05, 0) is 30.0 Å². The SMILES string of the molecule is CC[C@H](C)[C@@H](C(=O)N1CCOCC1)N1CC[C@H](NS(=O)(=O)CC(C)(C)c2ccc(Cl)cc2)C1=O. The Morgan fingerprint density at radius 1 is 1.21 bits per heavy atom. The Hall–Kier alpha value is -1.68. The molecule has 2 aliphatic heterocycles. The number of likely N-dealkylation sites (tertiary alicyclic amines) is 1. The van der Waals surface area contributed by atoms with Crippen molar-refractivity contribution in [2.75, 3.05) is 38.6 Å². The van der Waals surface area contributed by atoms with Gasteiger partial charge in [0.25, 0.3) is 0 Å². The van der Waals surface area contributed by atoms with Crippen LogP contribution in [0.1, 0.15) is 46.1 Å². The minimum absolute atomic E-state index is 0.0431. The van der Waals surface area contributed by atoms with E-state index < -0.39 is 27.5 Å². The summed E-state index contributed by atoms with van der Waals surface area (Å²) in [5, 5.41) is 0.583. The third kappa shape index (κ3) is 6.30. The molecule has 190 valence electrons. The fourth-order valence-electron chi connectivity index (χ4n) is 4.68. The zero-order chi connectivity index (χ0) is 25.1. The minimum Gasteiger partial charge on any atom is -0.378 e. The molecule has 3 atom stereocenters. The highest BCUT2D eigenvalue weighted by atomic mass is 35.5. The summed E-state index contributed by atoms with van der Waals surface area (Å²) in [7, 11) is -3.77. The number of nitrogens with one attached hydrogen (secondary N) is 1. The van der Waals surface area contributed by atoms with E-state index in [2.05, 4.69) is 4.72 Å². The lowest BCUT2D eigenvalue weighted by Gasteiger charge is -2.37. The molecule has 0 radical (unpaired) electrons. The van der Waals surface area contributed by atoms with E-state index in [0.717, 1.165) is 12.0 Å². The van der Waals surface area contributed by atoms with Crippen molar-refractivity contribution < 1.29 is 22.7 Å². The summed E-state index contributed by atoms with van der Waals surface area (Å²) >= 11 is 5.96. The first kappa shape index (κ1) is 26.9. The largest absolute Gasteiger partial charge is 0.378 e. The van der Waals surface area contributed by atoms with Gasteiger partial charge in [-0.1, -0.05) is 57.8 Å². The molecule has 34 heavy (non-hydrogen) atoms. The summed E-state index contributed by atoms with van der Waals surface area (Å²) in [4.78, 5) is 29.9. The lowest BCUT2D eigenvalue weighted by Crippen LogP contribution is -2.56. The molecule has 2 saturated heterocycles. The van der Waals surface area contributed by atoms with Crippen molar-refractivity contribution >= 4 is 33.4 Å². The monoisotopic (exact) mass is 513 g/mol. The fraction of sp³-hybridized carbons (Fsp3) is 0.667. The second-order valence-electron chi connectivity index (χ2n) is 9.91. The van der Waals surface area contributed by atoms with E-state index in [1.165, 1.54) is 0 Å². The Kier molecular flexibility index (Phi) is 8.65. The molecule has 2 fully saturated rings. The predicted molar refractivity (Wildman–Crippen MR) is 132 cm³/mol. The van der Waals surface area contributed by atoms with Crippen LogP contribution in [0.5, 0.6) is 0 Å². The number of hydrogen-bond donors (Lipinski definition) is 1. The Balaban J connectivity index is 1.71. The molecule has 1 aromatic rings. The number of sulfonamides is 1.